The first kappa shape index (κ1) is 19.2. The standard InChI is InChI=1S/C23H21NO4/c1-16(28-23(26)18-12-14-19(27-2)15-13-18)22(25)24-21-11-7-6-10-20(21)17-8-4-3-5-9-17/h3-16H,1-2H3,(H,24,25). The lowest BCUT2D eigenvalue weighted by molar-refractivity contribution is -0.123. The summed E-state index contributed by atoms with van der Waals surface area (Å²) in [7, 11) is 1.55. The molecule has 0 fully saturated rings. The molecule has 0 radical (unpaired) electrons. The molecule has 0 aliphatic heterocycles. The van der Waals surface area contributed by atoms with Crippen LogP contribution in [-0.4, -0.2) is 25.1 Å². The Morgan fingerprint density at radius 3 is 2.18 bits per heavy atom. The Labute approximate surface area is 163 Å². The van der Waals surface area contributed by atoms with E-state index in [2.05, 4.69) is 5.32 Å². The minimum Gasteiger partial charge on any atom is -0.497 e. The summed E-state index contributed by atoms with van der Waals surface area (Å²) in [4.78, 5) is 24.8. The molecule has 1 N–H and O–H groups in total. The molecule has 5 nitrogen and oxygen atoms in total. The van der Waals surface area contributed by atoms with Crippen LogP contribution in [-0.2, 0) is 9.53 Å². The number of methoxy groups -OCH3 is 1. The van der Waals surface area contributed by atoms with E-state index in [1.165, 1.54) is 0 Å². The van der Waals surface area contributed by atoms with Gasteiger partial charge < -0.3 is 14.8 Å². The second-order valence-corrected chi connectivity index (χ2v) is 6.18. The summed E-state index contributed by atoms with van der Waals surface area (Å²) in [6.07, 6.45) is -0.946. The summed E-state index contributed by atoms with van der Waals surface area (Å²) in [6, 6.07) is 23.8. The number of rotatable bonds is 6. The normalized spacial score (nSPS) is 11.4. The van der Waals surface area contributed by atoms with Gasteiger partial charge >= 0.3 is 5.97 Å². The van der Waals surface area contributed by atoms with Crippen molar-refractivity contribution in [2.45, 2.75) is 13.0 Å². The van der Waals surface area contributed by atoms with Gasteiger partial charge in [-0.15, -0.1) is 0 Å². The molecule has 0 bridgehead atoms. The molecule has 0 saturated carbocycles. The summed E-state index contributed by atoms with van der Waals surface area (Å²) >= 11 is 0. The zero-order chi connectivity index (χ0) is 19.9. The molecule has 1 atom stereocenters. The highest BCUT2D eigenvalue weighted by atomic mass is 16.5. The van der Waals surface area contributed by atoms with Crippen LogP contribution in [0, 0.1) is 0 Å². The molecule has 0 heterocycles. The van der Waals surface area contributed by atoms with E-state index in [1.54, 1.807) is 38.3 Å². The second-order valence-electron chi connectivity index (χ2n) is 6.18. The number of anilines is 1. The number of esters is 1. The largest absolute Gasteiger partial charge is 0.497 e. The van der Waals surface area contributed by atoms with Gasteiger partial charge in [0.25, 0.3) is 5.91 Å². The molecular formula is C23H21NO4. The maximum Gasteiger partial charge on any atom is 0.338 e. The Bertz CT molecular complexity index is 952. The molecule has 3 aromatic rings. The Hall–Kier alpha value is -3.60. The number of hydrogen-bond acceptors (Lipinski definition) is 4. The van der Waals surface area contributed by atoms with E-state index in [-0.39, 0.29) is 0 Å². The van der Waals surface area contributed by atoms with E-state index in [1.807, 2.05) is 54.6 Å². The van der Waals surface area contributed by atoms with E-state index in [0.29, 0.717) is 17.0 Å². The van der Waals surface area contributed by atoms with Crippen LogP contribution in [0.4, 0.5) is 5.69 Å². The molecule has 0 aromatic heterocycles. The van der Waals surface area contributed by atoms with Crippen LogP contribution in [0.25, 0.3) is 11.1 Å². The first-order valence-electron chi connectivity index (χ1n) is 8.89. The first-order valence-corrected chi connectivity index (χ1v) is 8.89. The van der Waals surface area contributed by atoms with Crippen molar-refractivity contribution in [2.24, 2.45) is 0 Å². The highest BCUT2D eigenvalue weighted by molar-refractivity contribution is 5.99. The number of hydrogen-bond donors (Lipinski definition) is 1. The second kappa shape index (κ2) is 8.86. The highest BCUT2D eigenvalue weighted by Gasteiger charge is 2.20. The number of carbonyl (C=O) groups excluding carboxylic acids is 2. The molecule has 142 valence electrons. The predicted octanol–water partition coefficient (Wildman–Crippen LogP) is 4.55. The van der Waals surface area contributed by atoms with Crippen LogP contribution in [0.3, 0.4) is 0 Å². The zero-order valence-corrected chi connectivity index (χ0v) is 15.7. The summed E-state index contributed by atoms with van der Waals surface area (Å²) < 4.78 is 10.4. The van der Waals surface area contributed by atoms with Gasteiger partial charge in [0, 0.05) is 11.3 Å². The van der Waals surface area contributed by atoms with Crippen molar-refractivity contribution in [3.63, 3.8) is 0 Å². The van der Waals surface area contributed by atoms with E-state index >= 15 is 0 Å². The molecule has 3 aromatic carbocycles. The maximum atomic E-state index is 12.6. The van der Waals surface area contributed by atoms with Gasteiger partial charge in [0.05, 0.1) is 12.7 Å². The third-order valence-electron chi connectivity index (χ3n) is 4.25. The van der Waals surface area contributed by atoms with E-state index in [0.717, 1.165) is 11.1 Å². The number of carbonyl (C=O) groups is 2. The zero-order valence-electron chi connectivity index (χ0n) is 15.7. The molecule has 0 aliphatic rings. The molecule has 3 rings (SSSR count). The van der Waals surface area contributed by atoms with Gasteiger partial charge in [-0.25, -0.2) is 4.79 Å². The Morgan fingerprint density at radius 1 is 0.857 bits per heavy atom. The van der Waals surface area contributed by atoms with Crippen LogP contribution in [0.2, 0.25) is 0 Å². The van der Waals surface area contributed by atoms with Crippen molar-refractivity contribution in [3.8, 4) is 16.9 Å². The van der Waals surface area contributed by atoms with Crippen LogP contribution in [0.5, 0.6) is 5.75 Å². The number of para-hydroxylation sites is 1. The first-order chi connectivity index (χ1) is 13.6. The predicted molar refractivity (Wildman–Crippen MR) is 108 cm³/mol. The third kappa shape index (κ3) is 4.57. The fraction of sp³-hybridized carbons (Fsp3) is 0.130. The average Bonchev–Trinajstić information content (AvgIpc) is 2.74. The van der Waals surface area contributed by atoms with Crippen molar-refractivity contribution in [2.75, 3.05) is 12.4 Å². The van der Waals surface area contributed by atoms with E-state index in [4.69, 9.17) is 9.47 Å². The average molecular weight is 375 g/mol. The van der Waals surface area contributed by atoms with E-state index in [9.17, 15) is 9.59 Å². The Morgan fingerprint density at radius 2 is 1.50 bits per heavy atom. The quantitative estimate of drug-likeness (QED) is 0.642. The van der Waals surface area contributed by atoms with Crippen LogP contribution in [0.15, 0.2) is 78.9 Å². The maximum absolute atomic E-state index is 12.6. The summed E-state index contributed by atoms with van der Waals surface area (Å²) in [5.41, 5.74) is 2.89. The smallest absolute Gasteiger partial charge is 0.338 e. The van der Waals surface area contributed by atoms with Gasteiger partial charge in [-0.1, -0.05) is 48.5 Å². The topological polar surface area (TPSA) is 64.6 Å². The van der Waals surface area contributed by atoms with Crippen LogP contribution >= 0.6 is 0 Å². The number of amides is 1. The number of ether oxygens (including phenoxy) is 2. The van der Waals surface area contributed by atoms with Gasteiger partial charge in [0.2, 0.25) is 0 Å². The molecule has 0 aliphatic carbocycles. The molecule has 5 heteroatoms. The molecule has 1 unspecified atom stereocenters. The lowest BCUT2D eigenvalue weighted by Crippen LogP contribution is -2.30. The molecule has 28 heavy (non-hydrogen) atoms. The summed E-state index contributed by atoms with van der Waals surface area (Å²) in [6.45, 7) is 1.54. The van der Waals surface area contributed by atoms with Crippen molar-refractivity contribution < 1.29 is 19.1 Å². The highest BCUT2D eigenvalue weighted by Crippen LogP contribution is 2.27. The van der Waals surface area contributed by atoms with Gasteiger partial charge in [-0.3, -0.25) is 4.79 Å². The monoisotopic (exact) mass is 375 g/mol. The van der Waals surface area contributed by atoms with Gasteiger partial charge in [-0.2, -0.15) is 0 Å². The summed E-state index contributed by atoms with van der Waals surface area (Å²) in [5, 5.41) is 2.85. The van der Waals surface area contributed by atoms with Gasteiger partial charge in [0.15, 0.2) is 6.10 Å². The van der Waals surface area contributed by atoms with E-state index < -0.39 is 18.0 Å². The minimum absolute atomic E-state index is 0.352. The molecule has 0 saturated heterocycles. The minimum atomic E-state index is -0.946. The molecule has 0 spiro atoms. The van der Waals surface area contributed by atoms with Crippen LogP contribution < -0.4 is 10.1 Å². The molecule has 1 amide bonds. The lowest BCUT2D eigenvalue weighted by atomic mass is 10.0. The van der Waals surface area contributed by atoms with Gasteiger partial charge in [0.1, 0.15) is 5.75 Å². The van der Waals surface area contributed by atoms with Crippen LogP contribution in [0.1, 0.15) is 17.3 Å². The fourth-order valence-electron chi connectivity index (χ4n) is 2.71. The van der Waals surface area contributed by atoms with Crippen molar-refractivity contribution >= 4 is 17.6 Å². The molecular weight excluding hydrogens is 354 g/mol. The number of benzene rings is 3. The van der Waals surface area contributed by atoms with Gasteiger partial charge in [-0.05, 0) is 42.8 Å². The Kier molecular flexibility index (Phi) is 6.07. The SMILES string of the molecule is COc1ccc(C(=O)OC(C)C(=O)Nc2ccccc2-c2ccccc2)cc1. The summed E-state index contributed by atoms with van der Waals surface area (Å²) in [5.74, 6) is -0.327. The van der Waals surface area contributed by atoms with Crippen molar-refractivity contribution in [3.05, 3.63) is 84.4 Å². The lowest BCUT2D eigenvalue weighted by Gasteiger charge is -2.16. The number of nitrogens with one attached hydrogen (secondary N) is 1. The fourth-order valence-corrected chi connectivity index (χ4v) is 2.71. The van der Waals surface area contributed by atoms with Crippen molar-refractivity contribution in [1.29, 1.82) is 0 Å². The third-order valence-corrected chi connectivity index (χ3v) is 4.25. The van der Waals surface area contributed by atoms with Crippen molar-refractivity contribution in [1.82, 2.24) is 0 Å². The Balaban J connectivity index is 1.68.